The van der Waals surface area contributed by atoms with Gasteiger partial charge in [-0.15, -0.1) is 0 Å². The Labute approximate surface area is 196 Å². The molecule has 0 radical (unpaired) electrons. The third kappa shape index (κ3) is 5.77. The van der Waals surface area contributed by atoms with Gasteiger partial charge < -0.3 is 25.3 Å². The van der Waals surface area contributed by atoms with E-state index in [1.54, 1.807) is 12.1 Å². The van der Waals surface area contributed by atoms with Crippen LogP contribution < -0.4 is 15.8 Å². The number of nitrogens with two attached hydrogens (primary N) is 1. The number of aldehydes is 1. The minimum absolute atomic E-state index is 0.0119. The molecule has 3 N–H and O–H groups in total. The van der Waals surface area contributed by atoms with Crippen LogP contribution in [-0.4, -0.2) is 49.2 Å². The summed E-state index contributed by atoms with van der Waals surface area (Å²) in [5.41, 5.74) is 6.05. The highest BCUT2D eigenvalue weighted by Crippen LogP contribution is 2.33. The fourth-order valence-electron chi connectivity index (χ4n) is 3.28. The lowest BCUT2D eigenvalue weighted by Gasteiger charge is -2.16. The molecular weight excluding hydrogens is 442 g/mol. The van der Waals surface area contributed by atoms with Crippen LogP contribution in [0.15, 0.2) is 30.8 Å². The van der Waals surface area contributed by atoms with Crippen molar-refractivity contribution in [2.24, 2.45) is 11.7 Å². The Morgan fingerprint density at radius 3 is 2.53 bits per heavy atom. The van der Waals surface area contributed by atoms with E-state index >= 15 is 0 Å². The van der Waals surface area contributed by atoms with Crippen LogP contribution in [0.4, 0.5) is 4.79 Å². The smallest absolute Gasteiger partial charge is 0.407 e. The number of hydrogen-bond acceptors (Lipinski definition) is 8. The molecule has 1 aliphatic carbocycles. The van der Waals surface area contributed by atoms with Gasteiger partial charge >= 0.3 is 12.1 Å². The monoisotopic (exact) mass is 467 g/mol. The van der Waals surface area contributed by atoms with Crippen molar-refractivity contribution in [1.82, 2.24) is 10.3 Å². The van der Waals surface area contributed by atoms with Gasteiger partial charge in [0.15, 0.2) is 12.0 Å². The van der Waals surface area contributed by atoms with Gasteiger partial charge in [-0.3, -0.25) is 9.59 Å². The van der Waals surface area contributed by atoms with E-state index in [1.165, 1.54) is 32.2 Å². The largest absolute Gasteiger partial charge is 0.496 e. The zero-order valence-electron chi connectivity index (χ0n) is 18.8. The molecule has 0 saturated heterocycles. The number of primary amides is 1. The van der Waals surface area contributed by atoms with E-state index in [1.807, 2.05) is 0 Å². The lowest BCUT2D eigenvalue weighted by molar-refractivity contribution is -0.0579. The molecule has 34 heavy (non-hydrogen) atoms. The molecule has 178 valence electrons. The summed E-state index contributed by atoms with van der Waals surface area (Å²) in [6, 6.07) is 6.05. The highest BCUT2D eigenvalue weighted by molar-refractivity contribution is 6.01. The van der Waals surface area contributed by atoms with Gasteiger partial charge in [-0.1, -0.05) is 12.7 Å². The number of hydrogen-bond donors (Lipinski definition) is 2. The first kappa shape index (κ1) is 24.4. The van der Waals surface area contributed by atoms with Crippen LogP contribution in [-0.2, 0) is 9.47 Å². The molecule has 10 nitrogen and oxygen atoms in total. The minimum Gasteiger partial charge on any atom is -0.496 e. The summed E-state index contributed by atoms with van der Waals surface area (Å²) >= 11 is 0. The van der Waals surface area contributed by atoms with Crippen LogP contribution in [0.3, 0.4) is 0 Å². The summed E-state index contributed by atoms with van der Waals surface area (Å²) in [6.07, 6.45) is 1.81. The number of nitrogens with zero attached hydrogens (tertiary/aromatic N) is 1. The van der Waals surface area contributed by atoms with E-state index in [9.17, 15) is 19.2 Å². The van der Waals surface area contributed by atoms with Crippen molar-refractivity contribution in [3.63, 3.8) is 0 Å². The first-order chi connectivity index (χ1) is 16.3. The second kappa shape index (κ2) is 10.6. The third-order valence-corrected chi connectivity index (χ3v) is 5.16. The van der Waals surface area contributed by atoms with Crippen LogP contribution in [0.1, 0.15) is 56.7 Å². The van der Waals surface area contributed by atoms with Gasteiger partial charge in [0.25, 0.3) is 5.91 Å². The van der Waals surface area contributed by atoms with Crippen LogP contribution in [0, 0.1) is 5.92 Å². The topological polar surface area (TPSA) is 147 Å². The molecule has 1 aliphatic rings. The first-order valence-corrected chi connectivity index (χ1v) is 10.5. The highest BCUT2D eigenvalue weighted by Gasteiger charge is 2.26. The number of aromatic nitrogens is 1. The Morgan fingerprint density at radius 1 is 1.21 bits per heavy atom. The second-order valence-corrected chi connectivity index (χ2v) is 7.66. The molecule has 1 aromatic heterocycles. The van der Waals surface area contributed by atoms with Gasteiger partial charge in [0.05, 0.1) is 7.11 Å². The molecule has 1 heterocycles. The highest BCUT2D eigenvalue weighted by atomic mass is 16.7. The molecule has 0 spiro atoms. The molecule has 2 aromatic rings. The Morgan fingerprint density at radius 2 is 1.94 bits per heavy atom. The second-order valence-electron chi connectivity index (χ2n) is 7.66. The van der Waals surface area contributed by atoms with E-state index in [0.29, 0.717) is 35.6 Å². The van der Waals surface area contributed by atoms with Gasteiger partial charge in [-0.05, 0) is 48.6 Å². The molecule has 1 saturated carbocycles. The summed E-state index contributed by atoms with van der Waals surface area (Å²) in [4.78, 5) is 52.6. The fraction of sp³-hybridized carbons (Fsp3) is 0.292. The molecule has 3 rings (SSSR count). The molecule has 0 aliphatic heterocycles. The summed E-state index contributed by atoms with van der Waals surface area (Å²) in [5.74, 6) is -0.578. The van der Waals surface area contributed by atoms with Crippen LogP contribution in [0.2, 0.25) is 0 Å². The number of methoxy groups -OCH3 is 1. The SMILES string of the molecule is C=Cc1cc(C=O)c(-c2ccc(C(=O)NCC3CC3)nc2C(=O)OC(C)OC(N)=O)cc1OC. The van der Waals surface area contributed by atoms with Crippen molar-refractivity contribution in [1.29, 1.82) is 0 Å². The van der Waals surface area contributed by atoms with Crippen LogP contribution in [0.5, 0.6) is 5.75 Å². The third-order valence-electron chi connectivity index (χ3n) is 5.16. The standard InChI is InChI=1S/C24H25N3O7/c1-4-15-9-16(12-28)18(10-20(15)32-3)17-7-8-19(22(29)26-11-14-5-6-14)27-21(17)23(30)33-13(2)34-24(25)31/h4,7-10,12-14H,1,5-6,11H2,2-3H3,(H2,25,31)(H,26,29). The molecule has 1 atom stereocenters. The number of esters is 1. The van der Waals surface area contributed by atoms with Crippen molar-refractivity contribution >= 4 is 30.3 Å². The lowest BCUT2D eigenvalue weighted by atomic mass is 9.95. The Hall–Kier alpha value is -4.21. The van der Waals surface area contributed by atoms with Gasteiger partial charge in [-0.25, -0.2) is 14.6 Å². The van der Waals surface area contributed by atoms with Crippen molar-refractivity contribution in [3.05, 3.63) is 53.4 Å². The zero-order chi connectivity index (χ0) is 24.8. The summed E-state index contributed by atoms with van der Waals surface area (Å²) < 4.78 is 15.2. The molecular formula is C24H25N3O7. The van der Waals surface area contributed by atoms with E-state index < -0.39 is 24.3 Å². The number of carbonyl (C=O) groups excluding carboxylic acids is 4. The maximum Gasteiger partial charge on any atom is 0.407 e. The predicted octanol–water partition coefficient (Wildman–Crippen LogP) is 2.95. The lowest BCUT2D eigenvalue weighted by Crippen LogP contribution is -2.28. The quantitative estimate of drug-likeness (QED) is 0.308. The summed E-state index contributed by atoms with van der Waals surface area (Å²) in [5, 5.41) is 2.78. The van der Waals surface area contributed by atoms with Gasteiger partial charge in [0, 0.05) is 30.2 Å². The van der Waals surface area contributed by atoms with E-state index in [2.05, 4.69) is 21.6 Å². The molecule has 2 amide bonds. The molecule has 0 bridgehead atoms. The van der Waals surface area contributed by atoms with Gasteiger partial charge in [-0.2, -0.15) is 0 Å². The normalized spacial score (nSPS) is 13.4. The molecule has 10 heteroatoms. The number of benzene rings is 1. The summed E-state index contributed by atoms with van der Waals surface area (Å²) in [6.45, 7) is 5.52. The number of rotatable bonds is 10. The summed E-state index contributed by atoms with van der Waals surface area (Å²) in [7, 11) is 1.45. The van der Waals surface area contributed by atoms with E-state index in [4.69, 9.17) is 15.2 Å². The van der Waals surface area contributed by atoms with Crippen LogP contribution in [0.25, 0.3) is 17.2 Å². The number of carbonyl (C=O) groups is 4. The maximum absolute atomic E-state index is 13.0. The van der Waals surface area contributed by atoms with Gasteiger partial charge in [0.2, 0.25) is 6.29 Å². The fourth-order valence-corrected chi connectivity index (χ4v) is 3.28. The molecule has 1 fully saturated rings. The van der Waals surface area contributed by atoms with Crippen molar-refractivity contribution in [2.45, 2.75) is 26.1 Å². The molecule has 1 aromatic carbocycles. The molecule has 1 unspecified atom stereocenters. The number of amides is 2. The van der Waals surface area contributed by atoms with E-state index in [0.717, 1.165) is 12.8 Å². The minimum atomic E-state index is -1.31. The predicted molar refractivity (Wildman–Crippen MR) is 122 cm³/mol. The Balaban J connectivity index is 2.07. The van der Waals surface area contributed by atoms with Crippen molar-refractivity contribution < 1.29 is 33.4 Å². The maximum atomic E-state index is 13.0. The number of ether oxygens (including phenoxy) is 3. The Kier molecular flexibility index (Phi) is 7.62. The van der Waals surface area contributed by atoms with Crippen LogP contribution >= 0.6 is 0 Å². The van der Waals surface area contributed by atoms with Crippen molar-refractivity contribution in [3.8, 4) is 16.9 Å². The average molecular weight is 467 g/mol. The number of pyridine rings is 1. The van der Waals surface area contributed by atoms with Gasteiger partial charge in [0.1, 0.15) is 11.4 Å². The van der Waals surface area contributed by atoms with E-state index in [-0.39, 0.29) is 22.5 Å². The Bertz CT molecular complexity index is 1140. The first-order valence-electron chi connectivity index (χ1n) is 10.5. The average Bonchev–Trinajstić information content (AvgIpc) is 3.65. The van der Waals surface area contributed by atoms with Crippen molar-refractivity contribution in [2.75, 3.05) is 13.7 Å². The zero-order valence-corrected chi connectivity index (χ0v) is 18.8. The number of nitrogens with one attached hydrogen (secondary N) is 1.